The number of amides is 1. The molecule has 1 aliphatic carbocycles. The van der Waals surface area contributed by atoms with Crippen LogP contribution in [0.3, 0.4) is 0 Å². The van der Waals surface area contributed by atoms with Gasteiger partial charge in [-0.1, -0.05) is 42.6 Å². The van der Waals surface area contributed by atoms with Crippen molar-refractivity contribution in [2.75, 3.05) is 6.26 Å². The van der Waals surface area contributed by atoms with Crippen LogP contribution in [0.5, 0.6) is 0 Å². The predicted molar refractivity (Wildman–Crippen MR) is 119 cm³/mol. The molecule has 170 valence electrons. The van der Waals surface area contributed by atoms with Gasteiger partial charge in [0, 0.05) is 30.0 Å². The fraction of sp³-hybridized carbons (Fsp3) is 0.409. The maximum Gasteiger partial charge on any atom is 0.313 e. The van der Waals surface area contributed by atoms with E-state index in [-0.39, 0.29) is 10.9 Å². The van der Waals surface area contributed by atoms with Gasteiger partial charge in [-0.15, -0.1) is 0 Å². The third-order valence-corrected chi connectivity index (χ3v) is 7.26. The Morgan fingerprint density at radius 2 is 1.91 bits per heavy atom. The number of nitrogens with zero attached hydrogens (tertiary/aromatic N) is 2. The predicted octanol–water partition coefficient (Wildman–Crippen LogP) is 2.96. The smallest absolute Gasteiger partial charge is 0.313 e. The topological polar surface area (TPSA) is 117 Å². The zero-order valence-corrected chi connectivity index (χ0v) is 19.0. The van der Waals surface area contributed by atoms with Crippen LogP contribution in [0.15, 0.2) is 42.7 Å². The lowest BCUT2D eigenvalue weighted by Gasteiger charge is -2.48. The molecule has 0 spiro atoms. The number of sulfonamides is 1. The first-order chi connectivity index (χ1) is 15.2. The van der Waals surface area contributed by atoms with Crippen LogP contribution >= 0.6 is 11.6 Å². The molecule has 1 aliphatic heterocycles. The quantitative estimate of drug-likeness (QED) is 0.683. The molecule has 0 unspecified atom stereocenters. The summed E-state index contributed by atoms with van der Waals surface area (Å²) in [6, 6.07) is 6.35. The van der Waals surface area contributed by atoms with E-state index >= 15 is 0 Å². The molecule has 1 aromatic heterocycles. The standard InChI is InChI=1S/C22H24ClN3O5S/c1-32(30,31)25-17-8-4-5-9-18(17)26-20(15-10-11-24-12-16(15)23)19(22(28)29)13-6-2-3-7-14(13)21(26)27/h2-3,6-7,10-12,17-20,25H,4-5,8-9H2,1H3,(H,28,29)/t17-,18-,19+,20-/m0/s1. The third-order valence-electron chi connectivity index (χ3n) is 6.22. The Morgan fingerprint density at radius 1 is 1.19 bits per heavy atom. The van der Waals surface area contributed by atoms with Gasteiger partial charge in [0.15, 0.2) is 0 Å². The first-order valence-electron chi connectivity index (χ1n) is 10.4. The zero-order chi connectivity index (χ0) is 23.0. The largest absolute Gasteiger partial charge is 0.481 e. The molecule has 4 rings (SSSR count). The number of benzene rings is 1. The van der Waals surface area contributed by atoms with Crippen molar-refractivity contribution in [1.82, 2.24) is 14.6 Å². The Bertz CT molecular complexity index is 1160. The molecule has 4 atom stereocenters. The second-order valence-electron chi connectivity index (χ2n) is 8.31. The fourth-order valence-corrected chi connectivity index (χ4v) is 6.05. The van der Waals surface area contributed by atoms with Crippen molar-refractivity contribution >= 4 is 33.5 Å². The van der Waals surface area contributed by atoms with Gasteiger partial charge in [0.05, 0.1) is 17.3 Å². The molecule has 10 heteroatoms. The maximum absolute atomic E-state index is 13.8. The molecule has 1 fully saturated rings. The molecule has 0 bridgehead atoms. The number of hydrogen-bond donors (Lipinski definition) is 2. The molecular weight excluding hydrogens is 454 g/mol. The Hall–Kier alpha value is -2.49. The normalized spacial score (nSPS) is 25.9. The molecule has 2 aromatic rings. The summed E-state index contributed by atoms with van der Waals surface area (Å²) in [6.07, 6.45) is 6.73. The number of pyridine rings is 1. The van der Waals surface area contributed by atoms with Crippen molar-refractivity contribution in [2.45, 2.75) is 49.7 Å². The summed E-state index contributed by atoms with van der Waals surface area (Å²) in [7, 11) is -3.53. The van der Waals surface area contributed by atoms with Crippen molar-refractivity contribution < 1.29 is 23.1 Å². The van der Waals surface area contributed by atoms with Crippen LogP contribution < -0.4 is 4.72 Å². The van der Waals surface area contributed by atoms with Crippen LogP contribution in [0.4, 0.5) is 0 Å². The molecule has 8 nitrogen and oxygen atoms in total. The van der Waals surface area contributed by atoms with Gasteiger partial charge in [-0.05, 0) is 36.1 Å². The summed E-state index contributed by atoms with van der Waals surface area (Å²) < 4.78 is 26.8. The average molecular weight is 478 g/mol. The SMILES string of the molecule is CS(=O)(=O)N[C@H]1CCCC[C@@H]1N1C(=O)c2ccccc2[C@@H](C(=O)O)[C@@H]1c1ccncc1Cl. The average Bonchev–Trinajstić information content (AvgIpc) is 2.73. The van der Waals surface area contributed by atoms with E-state index in [1.54, 1.807) is 35.2 Å². The van der Waals surface area contributed by atoms with Crippen molar-refractivity contribution in [3.05, 3.63) is 64.4 Å². The molecule has 32 heavy (non-hydrogen) atoms. The highest BCUT2D eigenvalue weighted by atomic mass is 35.5. The second kappa shape index (κ2) is 8.80. The monoisotopic (exact) mass is 477 g/mol. The summed E-state index contributed by atoms with van der Waals surface area (Å²) in [4.78, 5) is 31.9. The minimum absolute atomic E-state index is 0.254. The van der Waals surface area contributed by atoms with Gasteiger partial charge >= 0.3 is 5.97 Å². The summed E-state index contributed by atoms with van der Waals surface area (Å²) in [5.74, 6) is -2.48. The third kappa shape index (κ3) is 4.24. The van der Waals surface area contributed by atoms with Gasteiger partial charge in [0.25, 0.3) is 5.91 Å². The highest BCUT2D eigenvalue weighted by Gasteiger charge is 2.49. The van der Waals surface area contributed by atoms with E-state index in [0.717, 1.165) is 19.1 Å². The number of carbonyl (C=O) groups excluding carboxylic acids is 1. The molecule has 1 amide bonds. The first-order valence-corrected chi connectivity index (χ1v) is 12.7. The summed E-state index contributed by atoms with van der Waals surface area (Å²) in [5, 5.41) is 10.5. The Balaban J connectivity index is 1.92. The van der Waals surface area contributed by atoms with Crippen LogP contribution in [0.2, 0.25) is 5.02 Å². The number of rotatable bonds is 5. The lowest BCUT2D eigenvalue weighted by atomic mass is 9.77. The Morgan fingerprint density at radius 3 is 2.59 bits per heavy atom. The minimum Gasteiger partial charge on any atom is -0.481 e. The van der Waals surface area contributed by atoms with Crippen molar-refractivity contribution in [2.24, 2.45) is 0 Å². The number of fused-ring (bicyclic) bond motifs is 1. The van der Waals surface area contributed by atoms with E-state index in [0.29, 0.717) is 29.5 Å². The molecule has 2 aliphatic rings. The molecule has 1 saturated carbocycles. The van der Waals surface area contributed by atoms with E-state index in [4.69, 9.17) is 11.6 Å². The van der Waals surface area contributed by atoms with Crippen molar-refractivity contribution in [3.8, 4) is 0 Å². The Kier molecular flexibility index (Phi) is 6.24. The van der Waals surface area contributed by atoms with Crippen molar-refractivity contribution in [3.63, 3.8) is 0 Å². The number of aliphatic carboxylic acids is 1. The van der Waals surface area contributed by atoms with Gasteiger partial charge in [-0.2, -0.15) is 0 Å². The van der Waals surface area contributed by atoms with Gasteiger partial charge in [0.1, 0.15) is 5.92 Å². The number of carbonyl (C=O) groups is 2. The fourth-order valence-electron chi connectivity index (χ4n) is 5.00. The highest BCUT2D eigenvalue weighted by Crippen LogP contribution is 2.47. The van der Waals surface area contributed by atoms with Crippen LogP contribution in [-0.4, -0.2) is 53.6 Å². The summed E-state index contributed by atoms with van der Waals surface area (Å²) >= 11 is 6.44. The van der Waals surface area contributed by atoms with E-state index in [9.17, 15) is 23.1 Å². The number of carboxylic acids is 1. The summed E-state index contributed by atoms with van der Waals surface area (Å²) in [6.45, 7) is 0. The van der Waals surface area contributed by atoms with E-state index in [2.05, 4.69) is 9.71 Å². The van der Waals surface area contributed by atoms with E-state index < -0.39 is 40.0 Å². The Labute approximate surface area is 191 Å². The van der Waals surface area contributed by atoms with Gasteiger partial charge in [-0.25, -0.2) is 13.1 Å². The maximum atomic E-state index is 13.8. The van der Waals surface area contributed by atoms with Crippen molar-refractivity contribution in [1.29, 1.82) is 0 Å². The first kappa shape index (κ1) is 22.7. The van der Waals surface area contributed by atoms with Gasteiger partial charge < -0.3 is 10.0 Å². The van der Waals surface area contributed by atoms with Gasteiger partial charge in [0.2, 0.25) is 10.0 Å². The van der Waals surface area contributed by atoms with Crippen LogP contribution in [0.1, 0.15) is 59.1 Å². The number of halogens is 1. The lowest BCUT2D eigenvalue weighted by Crippen LogP contribution is -2.58. The minimum atomic E-state index is -3.53. The van der Waals surface area contributed by atoms with E-state index in [1.807, 2.05) is 0 Å². The lowest BCUT2D eigenvalue weighted by molar-refractivity contribution is -0.141. The number of nitrogens with one attached hydrogen (secondary N) is 1. The van der Waals surface area contributed by atoms with Crippen LogP contribution in [0, 0.1) is 0 Å². The van der Waals surface area contributed by atoms with Crippen LogP contribution in [-0.2, 0) is 14.8 Å². The second-order valence-corrected chi connectivity index (χ2v) is 10.5. The number of carboxylic acid groups (broad SMARTS) is 1. The molecule has 0 radical (unpaired) electrons. The molecule has 1 aromatic carbocycles. The van der Waals surface area contributed by atoms with E-state index in [1.165, 1.54) is 12.4 Å². The summed E-state index contributed by atoms with van der Waals surface area (Å²) in [5.41, 5.74) is 1.20. The molecule has 0 saturated heterocycles. The molecular formula is C22H24ClN3O5S. The highest BCUT2D eigenvalue weighted by molar-refractivity contribution is 7.88. The number of hydrogen-bond acceptors (Lipinski definition) is 5. The number of aromatic nitrogens is 1. The molecule has 2 N–H and O–H groups in total. The zero-order valence-electron chi connectivity index (χ0n) is 17.4. The van der Waals surface area contributed by atoms with Crippen LogP contribution in [0.25, 0.3) is 0 Å². The van der Waals surface area contributed by atoms with Gasteiger partial charge in [-0.3, -0.25) is 14.6 Å². The molecule has 2 heterocycles.